The van der Waals surface area contributed by atoms with E-state index in [9.17, 15) is 9.18 Å². The van der Waals surface area contributed by atoms with Crippen LogP contribution in [0.15, 0.2) is 51.9 Å². The van der Waals surface area contributed by atoms with Crippen molar-refractivity contribution in [2.45, 2.75) is 6.54 Å². The van der Waals surface area contributed by atoms with Gasteiger partial charge in [-0.2, -0.15) is 4.89 Å². The molecule has 0 amide bonds. The molecular weight excluding hydrogens is 341 g/mol. The quantitative estimate of drug-likeness (QED) is 0.797. The van der Waals surface area contributed by atoms with Gasteiger partial charge in [-0.25, -0.2) is 4.39 Å². The molecule has 0 bridgehead atoms. The molecule has 0 radical (unpaired) electrons. The van der Waals surface area contributed by atoms with Crippen LogP contribution >= 0.6 is 15.9 Å². The van der Waals surface area contributed by atoms with E-state index in [1.54, 1.807) is 30.5 Å². The Balaban J connectivity index is 1.94. The molecule has 0 atom stereocenters. The third-order valence-electron chi connectivity index (χ3n) is 3.10. The van der Waals surface area contributed by atoms with E-state index in [0.717, 1.165) is 5.56 Å². The molecule has 4 nitrogen and oxygen atoms in total. The number of rotatable bonds is 3. The lowest BCUT2D eigenvalue weighted by atomic mass is 10.2. The van der Waals surface area contributed by atoms with Crippen LogP contribution in [-0.4, -0.2) is 11.2 Å². The first-order valence-corrected chi connectivity index (χ1v) is 7.08. The first-order chi connectivity index (χ1) is 10.1. The molecule has 0 unspecified atom stereocenters. The average molecular weight is 352 g/mol. The number of aromatic nitrogens is 1. The van der Waals surface area contributed by atoms with Gasteiger partial charge in [-0.15, -0.1) is 0 Å². The Bertz CT molecular complexity index is 770. The molecule has 1 aromatic heterocycles. The van der Waals surface area contributed by atoms with Crippen LogP contribution in [0.1, 0.15) is 11.1 Å². The van der Waals surface area contributed by atoms with Gasteiger partial charge in [0.15, 0.2) is 5.76 Å². The van der Waals surface area contributed by atoms with Gasteiger partial charge < -0.3 is 9.45 Å². The number of hydrogen-bond acceptors (Lipinski definition) is 3. The van der Waals surface area contributed by atoms with E-state index in [1.807, 2.05) is 0 Å². The summed E-state index contributed by atoms with van der Waals surface area (Å²) < 4.78 is 15.1. The van der Waals surface area contributed by atoms with Crippen molar-refractivity contribution in [2.75, 3.05) is 6.61 Å². The normalized spacial score (nSPS) is 13.9. The Labute approximate surface area is 128 Å². The molecule has 3 rings (SSSR count). The zero-order valence-electron chi connectivity index (χ0n) is 10.9. The molecule has 2 heterocycles. The highest BCUT2D eigenvalue weighted by Gasteiger charge is 2.16. The van der Waals surface area contributed by atoms with Crippen LogP contribution in [0.4, 0.5) is 4.39 Å². The second kappa shape index (κ2) is 5.83. The van der Waals surface area contributed by atoms with Crippen molar-refractivity contribution < 1.29 is 14.2 Å². The van der Waals surface area contributed by atoms with Crippen molar-refractivity contribution in [1.29, 1.82) is 0 Å². The van der Waals surface area contributed by atoms with Crippen LogP contribution in [0.5, 0.6) is 0 Å². The summed E-state index contributed by atoms with van der Waals surface area (Å²) in [5.41, 5.74) is 1.14. The maximum atomic E-state index is 13.2. The fourth-order valence-electron chi connectivity index (χ4n) is 2.09. The van der Waals surface area contributed by atoms with Crippen LogP contribution in [-0.2, 0) is 16.3 Å². The molecule has 0 aliphatic carbocycles. The summed E-state index contributed by atoms with van der Waals surface area (Å²) in [7, 11) is 0. The van der Waals surface area contributed by atoms with Crippen LogP contribution < -0.4 is 5.56 Å². The van der Waals surface area contributed by atoms with E-state index in [2.05, 4.69) is 15.9 Å². The summed E-state index contributed by atoms with van der Waals surface area (Å²) in [5, 5.41) is 0. The third-order valence-corrected chi connectivity index (χ3v) is 3.87. The van der Waals surface area contributed by atoms with E-state index in [4.69, 9.17) is 9.78 Å². The lowest BCUT2D eigenvalue weighted by Crippen LogP contribution is -2.22. The molecule has 21 heavy (non-hydrogen) atoms. The lowest BCUT2D eigenvalue weighted by Gasteiger charge is -2.10. The minimum atomic E-state index is -0.321. The molecule has 1 aromatic carbocycles. The van der Waals surface area contributed by atoms with Crippen molar-refractivity contribution in [2.24, 2.45) is 0 Å². The highest BCUT2D eigenvalue weighted by atomic mass is 79.9. The Kier molecular flexibility index (Phi) is 3.90. The maximum Gasteiger partial charge on any atom is 0.265 e. The fourth-order valence-corrected chi connectivity index (χ4v) is 2.64. The predicted molar refractivity (Wildman–Crippen MR) is 78.9 cm³/mol. The fraction of sp³-hybridized carbons (Fsp3) is 0.133. The van der Waals surface area contributed by atoms with Gasteiger partial charge in [-0.3, -0.25) is 4.79 Å². The topological polar surface area (TPSA) is 40.5 Å². The highest BCUT2D eigenvalue weighted by molar-refractivity contribution is 9.10. The largest absolute Gasteiger partial charge is 0.337 e. The van der Waals surface area contributed by atoms with Gasteiger partial charge in [-0.1, -0.05) is 12.1 Å². The zero-order valence-corrected chi connectivity index (χ0v) is 12.5. The standard InChI is InChI=1S/C15H11BrFNO3/c16-14-12(13-5-7-20-21-13)4-6-18(15(14)19)9-10-2-1-3-11(17)8-10/h1-6,8H,7,9H2. The second-order valence-corrected chi connectivity index (χ2v) is 5.34. The molecule has 108 valence electrons. The third kappa shape index (κ3) is 2.91. The molecule has 2 aromatic rings. The van der Waals surface area contributed by atoms with E-state index >= 15 is 0 Å². The molecule has 1 aliphatic rings. The van der Waals surface area contributed by atoms with Gasteiger partial charge in [0.05, 0.1) is 11.0 Å². The smallest absolute Gasteiger partial charge is 0.265 e. The van der Waals surface area contributed by atoms with Crippen molar-refractivity contribution in [3.63, 3.8) is 0 Å². The lowest BCUT2D eigenvalue weighted by molar-refractivity contribution is -0.209. The monoisotopic (exact) mass is 351 g/mol. The van der Waals surface area contributed by atoms with Crippen LogP contribution in [0.25, 0.3) is 5.76 Å². The summed E-state index contributed by atoms with van der Waals surface area (Å²) in [6, 6.07) is 7.92. The average Bonchev–Trinajstić information content (AvgIpc) is 2.98. The van der Waals surface area contributed by atoms with Crippen molar-refractivity contribution in [1.82, 2.24) is 4.57 Å². The number of benzene rings is 1. The van der Waals surface area contributed by atoms with Crippen LogP contribution in [0.3, 0.4) is 0 Å². The SMILES string of the molecule is O=c1c(Br)c(C2=CCOO2)ccn1Cc1cccc(F)c1. The number of pyridine rings is 1. The van der Waals surface area contributed by atoms with Gasteiger partial charge in [0.25, 0.3) is 5.56 Å². The molecular formula is C15H11BrFNO3. The van der Waals surface area contributed by atoms with Crippen molar-refractivity contribution in [3.05, 3.63) is 74.4 Å². The zero-order chi connectivity index (χ0) is 14.8. The van der Waals surface area contributed by atoms with Gasteiger partial charge in [0, 0.05) is 11.8 Å². The van der Waals surface area contributed by atoms with Gasteiger partial charge in [-0.05, 0) is 45.8 Å². The minimum Gasteiger partial charge on any atom is -0.337 e. The van der Waals surface area contributed by atoms with E-state index in [0.29, 0.717) is 28.9 Å². The second-order valence-electron chi connectivity index (χ2n) is 4.54. The van der Waals surface area contributed by atoms with E-state index in [-0.39, 0.29) is 11.4 Å². The van der Waals surface area contributed by atoms with Gasteiger partial charge in [0.1, 0.15) is 12.4 Å². The summed E-state index contributed by atoms with van der Waals surface area (Å²) in [5.74, 6) is 0.190. The molecule has 0 N–H and O–H groups in total. The van der Waals surface area contributed by atoms with Gasteiger partial charge in [0.2, 0.25) is 0 Å². The Morgan fingerprint density at radius 3 is 2.90 bits per heavy atom. The summed E-state index contributed by atoms with van der Waals surface area (Å²) >= 11 is 3.29. The van der Waals surface area contributed by atoms with E-state index in [1.165, 1.54) is 16.7 Å². The summed E-state index contributed by atoms with van der Waals surface area (Å²) in [4.78, 5) is 22.1. The van der Waals surface area contributed by atoms with Crippen LogP contribution in [0.2, 0.25) is 0 Å². The summed E-state index contributed by atoms with van der Waals surface area (Å²) in [6.45, 7) is 0.653. The Hall–Kier alpha value is -1.92. The number of hydrogen-bond donors (Lipinski definition) is 0. The van der Waals surface area contributed by atoms with E-state index < -0.39 is 0 Å². The van der Waals surface area contributed by atoms with Crippen molar-refractivity contribution in [3.8, 4) is 0 Å². The van der Waals surface area contributed by atoms with Gasteiger partial charge >= 0.3 is 0 Å². The van der Waals surface area contributed by atoms with Crippen LogP contribution in [0, 0.1) is 5.82 Å². The Morgan fingerprint density at radius 1 is 1.33 bits per heavy atom. The number of halogens is 2. The predicted octanol–water partition coefficient (Wildman–Crippen LogP) is 3.10. The Morgan fingerprint density at radius 2 is 2.19 bits per heavy atom. The molecule has 6 heteroatoms. The molecule has 0 fully saturated rings. The number of nitrogens with zero attached hydrogens (tertiary/aromatic N) is 1. The summed E-state index contributed by atoms with van der Waals surface area (Å²) in [6.07, 6.45) is 3.40. The molecule has 0 saturated heterocycles. The first-order valence-electron chi connectivity index (χ1n) is 6.28. The highest BCUT2D eigenvalue weighted by Crippen LogP contribution is 2.25. The minimum absolute atomic E-state index is 0.215. The van der Waals surface area contributed by atoms with Crippen molar-refractivity contribution >= 4 is 21.7 Å². The molecule has 0 saturated carbocycles. The molecule has 1 aliphatic heterocycles. The maximum absolute atomic E-state index is 13.2. The molecule has 0 spiro atoms. The first kappa shape index (κ1) is 14.0.